The summed E-state index contributed by atoms with van der Waals surface area (Å²) in [7, 11) is 0. The largest absolute Gasteiger partial charge is 0.481 e. The zero-order valence-electron chi connectivity index (χ0n) is 10.7. The molecule has 1 aliphatic rings. The van der Waals surface area contributed by atoms with E-state index in [1.54, 1.807) is 29.2 Å². The van der Waals surface area contributed by atoms with E-state index in [2.05, 4.69) is 0 Å². The number of aliphatic carboxylic acids is 1. The molecule has 102 valence electrons. The molecule has 5 heteroatoms. The van der Waals surface area contributed by atoms with Crippen molar-refractivity contribution in [2.45, 2.75) is 25.8 Å². The lowest BCUT2D eigenvalue weighted by atomic mass is 9.91. The smallest absolute Gasteiger partial charge is 0.306 e. The summed E-state index contributed by atoms with van der Waals surface area (Å²) in [5.41, 5.74) is 0.549. The summed E-state index contributed by atoms with van der Waals surface area (Å²) in [6, 6.07) is 6.76. The van der Waals surface area contributed by atoms with E-state index in [1.165, 1.54) is 0 Å². The maximum absolute atomic E-state index is 12.4. The lowest BCUT2D eigenvalue weighted by molar-refractivity contribution is -0.143. The van der Waals surface area contributed by atoms with Crippen LogP contribution in [0.15, 0.2) is 24.3 Å². The van der Waals surface area contributed by atoms with Crippen LogP contribution >= 0.6 is 11.6 Å². The highest BCUT2D eigenvalue weighted by atomic mass is 35.5. The second-order valence-corrected chi connectivity index (χ2v) is 5.35. The SMILES string of the molecule is C[C@@H]1C[C@H](C(=O)O)CCN1C(=O)c1cccc(Cl)c1. The first-order valence-electron chi connectivity index (χ1n) is 6.28. The summed E-state index contributed by atoms with van der Waals surface area (Å²) >= 11 is 5.88. The van der Waals surface area contributed by atoms with Gasteiger partial charge >= 0.3 is 5.97 Å². The average molecular weight is 282 g/mol. The van der Waals surface area contributed by atoms with Gasteiger partial charge in [0, 0.05) is 23.2 Å². The number of halogens is 1. The molecule has 1 aliphatic heterocycles. The highest BCUT2D eigenvalue weighted by molar-refractivity contribution is 6.30. The first-order chi connectivity index (χ1) is 8.99. The summed E-state index contributed by atoms with van der Waals surface area (Å²) in [5.74, 6) is -1.21. The third kappa shape index (κ3) is 3.07. The first-order valence-corrected chi connectivity index (χ1v) is 6.66. The number of benzene rings is 1. The molecule has 0 radical (unpaired) electrons. The molecule has 1 fully saturated rings. The minimum Gasteiger partial charge on any atom is -0.481 e. The van der Waals surface area contributed by atoms with Gasteiger partial charge in [-0.2, -0.15) is 0 Å². The Labute approximate surface area is 117 Å². The number of carboxylic acids is 1. The van der Waals surface area contributed by atoms with Crippen molar-refractivity contribution in [2.75, 3.05) is 6.54 Å². The topological polar surface area (TPSA) is 57.6 Å². The Balaban J connectivity index is 2.11. The van der Waals surface area contributed by atoms with E-state index in [0.717, 1.165) is 0 Å². The molecule has 0 saturated carbocycles. The van der Waals surface area contributed by atoms with Crippen molar-refractivity contribution in [1.82, 2.24) is 4.90 Å². The predicted molar refractivity (Wildman–Crippen MR) is 72.3 cm³/mol. The molecular weight excluding hydrogens is 266 g/mol. The van der Waals surface area contributed by atoms with E-state index in [1.807, 2.05) is 6.92 Å². The lowest BCUT2D eigenvalue weighted by Crippen LogP contribution is -2.46. The van der Waals surface area contributed by atoms with Crippen molar-refractivity contribution in [1.29, 1.82) is 0 Å². The van der Waals surface area contributed by atoms with Gasteiger partial charge in [0.1, 0.15) is 0 Å². The second kappa shape index (κ2) is 5.61. The van der Waals surface area contributed by atoms with Crippen molar-refractivity contribution < 1.29 is 14.7 Å². The van der Waals surface area contributed by atoms with Crippen molar-refractivity contribution in [2.24, 2.45) is 5.92 Å². The van der Waals surface area contributed by atoms with Gasteiger partial charge < -0.3 is 10.0 Å². The van der Waals surface area contributed by atoms with Gasteiger partial charge in [-0.25, -0.2) is 0 Å². The van der Waals surface area contributed by atoms with Crippen LogP contribution in [0.2, 0.25) is 5.02 Å². The number of piperidine rings is 1. The Morgan fingerprint density at radius 2 is 2.16 bits per heavy atom. The fourth-order valence-corrected chi connectivity index (χ4v) is 2.68. The normalized spacial score (nSPS) is 23.2. The third-order valence-electron chi connectivity index (χ3n) is 3.56. The number of carbonyl (C=O) groups excluding carboxylic acids is 1. The minimum atomic E-state index is -0.776. The summed E-state index contributed by atoms with van der Waals surface area (Å²) < 4.78 is 0. The monoisotopic (exact) mass is 281 g/mol. The molecule has 19 heavy (non-hydrogen) atoms. The summed E-state index contributed by atoms with van der Waals surface area (Å²) in [6.07, 6.45) is 1.01. The molecule has 2 atom stereocenters. The molecular formula is C14H16ClNO3. The van der Waals surface area contributed by atoms with Crippen LogP contribution in [-0.4, -0.2) is 34.5 Å². The molecule has 0 unspecified atom stereocenters. The number of hydrogen-bond acceptors (Lipinski definition) is 2. The average Bonchev–Trinajstić information content (AvgIpc) is 2.37. The van der Waals surface area contributed by atoms with Crippen molar-refractivity contribution in [3.8, 4) is 0 Å². The van der Waals surface area contributed by atoms with E-state index in [0.29, 0.717) is 30.0 Å². The zero-order chi connectivity index (χ0) is 14.0. The molecule has 1 heterocycles. The molecule has 2 rings (SSSR count). The van der Waals surface area contributed by atoms with Gasteiger partial charge in [-0.15, -0.1) is 0 Å². The fraction of sp³-hybridized carbons (Fsp3) is 0.429. The Kier molecular flexibility index (Phi) is 4.10. The molecule has 0 aromatic heterocycles. The number of hydrogen-bond donors (Lipinski definition) is 1. The summed E-state index contributed by atoms with van der Waals surface area (Å²) in [5, 5.41) is 9.54. The predicted octanol–water partition coefficient (Wildman–Crippen LogP) is 2.67. The van der Waals surface area contributed by atoms with Crippen molar-refractivity contribution >= 4 is 23.5 Å². The molecule has 1 N–H and O–H groups in total. The minimum absolute atomic E-state index is 0.0682. The van der Waals surface area contributed by atoms with Gasteiger partial charge in [-0.1, -0.05) is 17.7 Å². The number of rotatable bonds is 2. The maximum atomic E-state index is 12.4. The van der Waals surface area contributed by atoms with Gasteiger partial charge in [0.25, 0.3) is 5.91 Å². The van der Waals surface area contributed by atoms with E-state index < -0.39 is 5.97 Å². The molecule has 1 amide bonds. The van der Waals surface area contributed by atoms with Gasteiger partial charge in [0.2, 0.25) is 0 Å². The van der Waals surface area contributed by atoms with Crippen LogP contribution in [0.4, 0.5) is 0 Å². The standard InChI is InChI=1S/C14H16ClNO3/c1-9-7-11(14(18)19)5-6-16(9)13(17)10-3-2-4-12(15)8-10/h2-4,8-9,11H,5-7H2,1H3,(H,18,19)/t9-,11-/m1/s1. The first kappa shape index (κ1) is 13.9. The number of carboxylic acid groups (broad SMARTS) is 1. The number of carbonyl (C=O) groups is 2. The fourth-order valence-electron chi connectivity index (χ4n) is 2.49. The Morgan fingerprint density at radius 3 is 2.74 bits per heavy atom. The van der Waals surface area contributed by atoms with E-state index in [-0.39, 0.29) is 17.9 Å². The molecule has 1 saturated heterocycles. The van der Waals surface area contributed by atoms with Gasteiger partial charge in [0.15, 0.2) is 0 Å². The van der Waals surface area contributed by atoms with Crippen LogP contribution < -0.4 is 0 Å². The van der Waals surface area contributed by atoms with Crippen LogP contribution in [-0.2, 0) is 4.79 Å². The van der Waals surface area contributed by atoms with E-state index >= 15 is 0 Å². The molecule has 0 spiro atoms. The lowest BCUT2D eigenvalue weighted by Gasteiger charge is -2.36. The van der Waals surface area contributed by atoms with Gasteiger partial charge in [-0.05, 0) is 38.0 Å². The highest BCUT2D eigenvalue weighted by Crippen LogP contribution is 2.25. The highest BCUT2D eigenvalue weighted by Gasteiger charge is 2.32. The second-order valence-electron chi connectivity index (χ2n) is 4.92. The van der Waals surface area contributed by atoms with Crippen molar-refractivity contribution in [3.05, 3.63) is 34.9 Å². The van der Waals surface area contributed by atoms with Gasteiger partial charge in [-0.3, -0.25) is 9.59 Å². The molecule has 4 nitrogen and oxygen atoms in total. The quantitative estimate of drug-likeness (QED) is 0.907. The van der Waals surface area contributed by atoms with Crippen LogP contribution in [0.3, 0.4) is 0 Å². The van der Waals surface area contributed by atoms with Crippen LogP contribution in [0.1, 0.15) is 30.1 Å². The Bertz CT molecular complexity index is 503. The molecule has 0 aliphatic carbocycles. The number of amides is 1. The molecule has 0 bridgehead atoms. The van der Waals surface area contributed by atoms with Crippen LogP contribution in [0.5, 0.6) is 0 Å². The zero-order valence-corrected chi connectivity index (χ0v) is 11.4. The number of nitrogens with zero attached hydrogens (tertiary/aromatic N) is 1. The van der Waals surface area contributed by atoms with E-state index in [9.17, 15) is 9.59 Å². The Morgan fingerprint density at radius 1 is 1.42 bits per heavy atom. The third-order valence-corrected chi connectivity index (χ3v) is 3.79. The molecule has 1 aromatic carbocycles. The van der Waals surface area contributed by atoms with Gasteiger partial charge in [0.05, 0.1) is 5.92 Å². The Hall–Kier alpha value is -1.55. The summed E-state index contributed by atoms with van der Waals surface area (Å²) in [4.78, 5) is 25.1. The van der Waals surface area contributed by atoms with E-state index in [4.69, 9.17) is 16.7 Å². The molecule has 1 aromatic rings. The summed E-state index contributed by atoms with van der Waals surface area (Å²) in [6.45, 7) is 2.36. The van der Waals surface area contributed by atoms with Crippen LogP contribution in [0, 0.1) is 5.92 Å². The number of likely N-dealkylation sites (tertiary alicyclic amines) is 1. The maximum Gasteiger partial charge on any atom is 0.306 e. The van der Waals surface area contributed by atoms with Crippen molar-refractivity contribution in [3.63, 3.8) is 0 Å². The van der Waals surface area contributed by atoms with Crippen LogP contribution in [0.25, 0.3) is 0 Å².